The molecule has 8 N–H and O–H groups in total. The summed E-state index contributed by atoms with van der Waals surface area (Å²) in [5.41, 5.74) is 8.29. The number of methoxy groups -OCH3 is 10. The van der Waals surface area contributed by atoms with Crippen LogP contribution in [0.3, 0.4) is 0 Å². The number of carboxylic acid groups (broad SMARTS) is 1. The van der Waals surface area contributed by atoms with E-state index in [1.54, 1.807) is 107 Å². The second kappa shape index (κ2) is 59.0. The Morgan fingerprint density at radius 3 is 1.31 bits per heavy atom. The first-order chi connectivity index (χ1) is 51.7. The summed E-state index contributed by atoms with van der Waals surface area (Å²) < 4.78 is 77.9. The van der Waals surface area contributed by atoms with Crippen LogP contribution in [0.2, 0.25) is 0 Å². The number of rotatable bonds is 31. The third-order valence-electron chi connectivity index (χ3n) is 13.0. The van der Waals surface area contributed by atoms with E-state index in [4.69, 9.17) is 78.8 Å². The van der Waals surface area contributed by atoms with Crippen LogP contribution >= 0.6 is 48.9 Å². The smallest absolute Gasteiger partial charge is 0.870 e. The number of nitrogens with zero attached hydrogens (tertiary/aromatic N) is 17. The first-order valence-corrected chi connectivity index (χ1v) is 36.4. The molecule has 9 heterocycles. The number of aromatic nitrogens is 18. The van der Waals surface area contributed by atoms with E-state index in [-0.39, 0.29) is 87.1 Å². The molecule has 612 valence electrons. The number of carbonyl (C=O) groups excluding carboxylic acids is 4. The number of carbonyl (C=O) groups is 5. The Bertz CT molecular complexity index is 4050. The molecule has 0 unspecified atom stereocenters. The molecule has 41 nitrogen and oxygen atoms in total. The normalized spacial score (nSPS) is 10.0. The number of nitrogens with two attached hydrogens (primary N) is 1. The van der Waals surface area contributed by atoms with Crippen molar-refractivity contribution in [2.45, 2.75) is 79.8 Å². The predicted molar refractivity (Wildman–Crippen MR) is 408 cm³/mol. The molecule has 0 aromatic carbocycles. The van der Waals surface area contributed by atoms with E-state index in [9.17, 15) is 24.0 Å². The summed E-state index contributed by atoms with van der Waals surface area (Å²) in [6.45, 7) is 17.3. The number of amides is 1. The van der Waals surface area contributed by atoms with Gasteiger partial charge < -0.3 is 93.1 Å². The number of anilines is 2. The number of halogens is 4. The van der Waals surface area contributed by atoms with Crippen LogP contribution in [0.1, 0.15) is 105 Å². The Kier molecular flexibility index (Phi) is 55.4. The number of ether oxygens (including phenoxy) is 12. The fourth-order valence-electron chi connectivity index (χ4n) is 8.06. The molecule has 0 saturated heterocycles. The van der Waals surface area contributed by atoms with Gasteiger partial charge in [-0.25, -0.2) is 33.7 Å². The number of pyridine rings is 2. The van der Waals surface area contributed by atoms with Gasteiger partial charge in [0.15, 0.2) is 11.6 Å². The maximum absolute atomic E-state index is 12.7. The number of H-pyrrole nitrogens is 1. The molecule has 0 saturated carbocycles. The van der Waals surface area contributed by atoms with E-state index in [0.717, 1.165) is 23.5 Å². The standard InChI is InChI=1S/C18H23N7O3.C10H13N5.C10H16N2O4.C8H11ClN2O3.C8H12N2O4.C7H10N2O3.C3H7BrO.Cl2OS.Na.2H2O/c1-12(2)25-11-19-22-16(25)14-6-5-7-15(20-14)21-17(26)13-10-24(8-9-27-3)23-18(13)28-4;1-7(2)15-6-12-14-10(15)8-4-3-5-9(11)13-8;1-4-16-10(13)8-7-12(5-6-14-2)11-9(8)15-3;1-13-4-3-11-5-6(7(9)12)8(10-11)14-2;1-13-4-3-10-5-6(8(11)12)7(9-10)14-2;1-3-12-7(10)5-4-8-9-6(5)11-2;1-5-3-2-4;1-4(2)3;;;/h5-7,10-12H,8-9H2,1-4H3,(H,20,21,26);3-7H,1-2H3,(H2,11,13);7H,4-6H2,1-3H3;5H,3-4H2,1-2H3;5H,3-4H2,1-2H3,(H,11,12);4H,3H2,1-2H3,(H,8,9);2-3H2,1H3;;;2*1H2/q;;;;;;;;+1;;/p-1. The van der Waals surface area contributed by atoms with Crippen molar-refractivity contribution in [3.05, 3.63) is 108 Å². The molecule has 0 spiro atoms. The topological polar surface area (TPSA) is 520 Å². The van der Waals surface area contributed by atoms with E-state index in [0.29, 0.717) is 118 Å². The van der Waals surface area contributed by atoms with Crippen molar-refractivity contribution in [3.63, 3.8) is 0 Å². The van der Waals surface area contributed by atoms with Crippen LogP contribution in [0.15, 0.2) is 80.0 Å². The summed E-state index contributed by atoms with van der Waals surface area (Å²) in [5.74, 6) is 1.20. The van der Waals surface area contributed by atoms with Crippen molar-refractivity contribution < 1.29 is 131 Å². The van der Waals surface area contributed by atoms with Gasteiger partial charge in [0, 0.05) is 99.1 Å². The van der Waals surface area contributed by atoms with E-state index in [1.165, 1.54) is 58.8 Å². The largest absolute Gasteiger partial charge is 1.00 e. The summed E-state index contributed by atoms with van der Waals surface area (Å²) in [4.78, 5) is 65.7. The van der Waals surface area contributed by atoms with Gasteiger partial charge in [0.1, 0.15) is 63.5 Å². The Morgan fingerprint density at radius 1 is 0.577 bits per heavy atom. The number of carboxylic acids is 1. The van der Waals surface area contributed by atoms with Gasteiger partial charge in [-0.3, -0.25) is 28.3 Å². The third kappa shape index (κ3) is 37.4. The molecule has 9 aromatic rings. The van der Waals surface area contributed by atoms with Gasteiger partial charge in [0.2, 0.25) is 38.6 Å². The first-order valence-electron chi connectivity index (χ1n) is 32.1. The second-order valence-electron chi connectivity index (χ2n) is 21.1. The summed E-state index contributed by atoms with van der Waals surface area (Å²) in [5, 5.41) is 50.3. The molecule has 0 bridgehead atoms. The van der Waals surface area contributed by atoms with Crippen LogP contribution in [0.5, 0.6) is 29.4 Å². The molecule has 1 amide bonds. The van der Waals surface area contributed by atoms with Gasteiger partial charge in [-0.2, -0.15) is 5.10 Å². The third-order valence-corrected chi connectivity index (χ3v) is 13.6. The van der Waals surface area contributed by atoms with Crippen molar-refractivity contribution >= 4 is 98.8 Å². The fourth-order valence-corrected chi connectivity index (χ4v) is 8.51. The summed E-state index contributed by atoms with van der Waals surface area (Å²) in [6, 6.07) is 11.3. The van der Waals surface area contributed by atoms with Gasteiger partial charge in [0.25, 0.3) is 11.1 Å². The van der Waals surface area contributed by atoms with Crippen LogP contribution in [0.25, 0.3) is 23.0 Å². The zero-order valence-electron chi connectivity index (χ0n) is 64.5. The number of esters is 2. The molecular weight excluding hydrogens is 1630 g/mol. The van der Waals surface area contributed by atoms with Gasteiger partial charge in [-0.15, -0.1) is 40.8 Å². The molecule has 0 radical (unpaired) electrons. The Hall–Kier alpha value is -8.80. The minimum absolute atomic E-state index is 0. The zero-order valence-corrected chi connectivity index (χ0v) is 71.2. The summed E-state index contributed by atoms with van der Waals surface area (Å²) in [6.07, 6.45) is 10.9. The number of hydrogen-bond acceptors (Lipinski definition) is 31. The van der Waals surface area contributed by atoms with Crippen molar-refractivity contribution in [3.8, 4) is 52.4 Å². The van der Waals surface area contributed by atoms with Crippen LogP contribution in [0, 0.1) is 0 Å². The minimum Gasteiger partial charge on any atom is -0.870 e. The second-order valence-corrected chi connectivity index (χ2v) is 24.7. The molecule has 0 aliphatic rings. The van der Waals surface area contributed by atoms with Gasteiger partial charge in [-0.1, -0.05) is 28.1 Å². The Labute approximate surface area is 687 Å². The average molecular weight is 1720 g/mol. The monoisotopic (exact) mass is 1720 g/mol. The van der Waals surface area contributed by atoms with Gasteiger partial charge >= 0.3 is 47.5 Å². The van der Waals surface area contributed by atoms with E-state index in [2.05, 4.69) is 122 Å². The van der Waals surface area contributed by atoms with E-state index >= 15 is 0 Å². The number of aromatic carboxylic acids is 1. The van der Waals surface area contributed by atoms with Crippen LogP contribution in [0.4, 0.5) is 11.6 Å². The number of hydrogen-bond donors (Lipinski definition) is 4. The Morgan fingerprint density at radius 2 is 0.955 bits per heavy atom. The first kappa shape index (κ1) is 104. The number of alkyl halides is 1. The maximum Gasteiger partial charge on any atom is 1.00 e. The van der Waals surface area contributed by atoms with Crippen LogP contribution < -0.4 is 64.3 Å². The van der Waals surface area contributed by atoms with Crippen LogP contribution in [-0.4, -0.2) is 261 Å². The maximum atomic E-state index is 12.7. The zero-order chi connectivity index (χ0) is 80.7. The van der Waals surface area contributed by atoms with E-state index in [1.807, 2.05) is 41.2 Å². The summed E-state index contributed by atoms with van der Waals surface area (Å²) in [7, 11) is 22.6. The number of nitrogens with one attached hydrogen (secondary N) is 2. The van der Waals surface area contributed by atoms with E-state index < -0.39 is 32.4 Å². The SMILES string of the molecule is CC(C)n1cnnc1-c1cccc(N)n1.CCOC(=O)c1cn(CCOC)nc1OC.CCOC(=O)c1cn[nH]c1OC.COCCBr.COCCn1cc(C(=O)Cl)c(OC)n1.COCCn1cc(C(=O)Nc2cccc(-c3nncn3C(C)C)n2)c(OC)n1.COCCn1cc(C(=O)O)c(OC)n1.O.O=S(Cl)Cl.[Na+].[OH-]. The minimum atomic E-state index is -1.67. The van der Waals surface area contributed by atoms with Crippen molar-refractivity contribution in [2.24, 2.45) is 0 Å². The molecule has 111 heavy (non-hydrogen) atoms. The van der Waals surface area contributed by atoms with Crippen molar-refractivity contribution in [1.82, 2.24) is 88.8 Å². The predicted octanol–water partition coefficient (Wildman–Crippen LogP) is 4.06. The van der Waals surface area contributed by atoms with Crippen molar-refractivity contribution in [1.29, 1.82) is 0 Å². The average Bonchev–Trinajstić information content (AvgIpc) is 1.76. The van der Waals surface area contributed by atoms with Crippen molar-refractivity contribution in [2.75, 3.05) is 134 Å². The molecule has 9 rings (SSSR count). The Balaban J connectivity index is 0. The summed E-state index contributed by atoms with van der Waals surface area (Å²) >= 11 is 8.52. The quantitative estimate of drug-likeness (QED) is 0.0206. The van der Waals surface area contributed by atoms with Gasteiger partial charge in [0.05, 0.1) is 114 Å². The molecule has 0 aliphatic carbocycles. The van der Waals surface area contributed by atoms with Crippen LogP contribution in [-0.2, 0) is 68.6 Å². The van der Waals surface area contributed by atoms with Gasteiger partial charge in [-0.05, 0) is 77.4 Å². The number of aromatic amines is 1. The molecule has 0 aliphatic heterocycles. The molecule has 0 atom stereocenters. The molecule has 9 aromatic heterocycles. The molecular formula is C64H95BrCl3N20NaO21S. The number of nitrogen functional groups attached to an aromatic ring is 1. The molecule has 47 heteroatoms. The fraction of sp³-hybridized carbons (Fsp3) is 0.469. The molecule has 0 fully saturated rings.